The van der Waals surface area contributed by atoms with Gasteiger partial charge in [0.2, 0.25) is 11.8 Å². The molecule has 3 amide bonds. The molecular weight excluding hydrogens is 489 g/mol. The lowest BCUT2D eigenvalue weighted by molar-refractivity contribution is -0.128. The highest BCUT2D eigenvalue weighted by molar-refractivity contribution is 6.62. The number of hydrogen-bond acceptors (Lipinski definition) is 7. The molecule has 0 bridgehead atoms. The Morgan fingerprint density at radius 1 is 0.974 bits per heavy atom. The highest BCUT2D eigenvalue weighted by atomic mass is 16.7. The van der Waals surface area contributed by atoms with Crippen molar-refractivity contribution in [1.29, 1.82) is 0 Å². The van der Waals surface area contributed by atoms with Gasteiger partial charge in [0.15, 0.2) is 0 Å². The summed E-state index contributed by atoms with van der Waals surface area (Å²) in [4.78, 5) is 36.2. The third-order valence-corrected chi connectivity index (χ3v) is 6.74. The summed E-state index contributed by atoms with van der Waals surface area (Å²) in [5.74, 6) is -1.28. The second kappa shape index (κ2) is 12.4. The van der Waals surface area contributed by atoms with Gasteiger partial charge in [-0.25, -0.2) is 4.79 Å². The van der Waals surface area contributed by atoms with E-state index in [1.807, 2.05) is 82.3 Å². The number of carbonyl (C=O) groups is 3. The van der Waals surface area contributed by atoms with Gasteiger partial charge in [-0.2, -0.15) is 0 Å². The maximum absolute atomic E-state index is 12.4. The minimum absolute atomic E-state index is 0.0845. The molecule has 2 atom stereocenters. The lowest BCUT2D eigenvalue weighted by Crippen LogP contribution is -2.47. The molecule has 0 aliphatic carbocycles. The van der Waals surface area contributed by atoms with Crippen LogP contribution in [0.3, 0.4) is 0 Å². The second-order valence-corrected chi connectivity index (χ2v) is 10.4. The summed E-state index contributed by atoms with van der Waals surface area (Å²) in [5.41, 5.74) is 7.02. The van der Waals surface area contributed by atoms with Crippen LogP contribution >= 0.6 is 0 Å². The van der Waals surface area contributed by atoms with Crippen LogP contribution in [0.4, 0.5) is 4.79 Å². The molecule has 1 heterocycles. The number of hydrogen-bond donors (Lipinski definition) is 4. The Morgan fingerprint density at radius 3 is 2.16 bits per heavy atom. The van der Waals surface area contributed by atoms with E-state index in [0.29, 0.717) is 0 Å². The Hall–Kier alpha value is -3.41. The normalized spacial score (nSPS) is 17.3. The minimum atomic E-state index is -1.17. The topological polar surface area (TPSA) is 149 Å². The first-order chi connectivity index (χ1) is 17.9. The van der Waals surface area contributed by atoms with Crippen molar-refractivity contribution in [3.63, 3.8) is 0 Å². The molecule has 1 aliphatic rings. The molecule has 1 saturated heterocycles. The zero-order valence-electron chi connectivity index (χ0n) is 22.2. The van der Waals surface area contributed by atoms with Gasteiger partial charge in [0.05, 0.1) is 23.7 Å². The van der Waals surface area contributed by atoms with Gasteiger partial charge in [0, 0.05) is 13.0 Å². The number of aliphatic hydroxyl groups excluding tert-OH is 1. The van der Waals surface area contributed by atoms with E-state index in [-0.39, 0.29) is 26.0 Å². The largest absolute Gasteiger partial charge is 0.494 e. The van der Waals surface area contributed by atoms with Crippen LogP contribution in [0.2, 0.25) is 0 Å². The van der Waals surface area contributed by atoms with E-state index in [1.54, 1.807) is 0 Å². The Balaban J connectivity index is 1.44. The molecule has 0 spiro atoms. The standard InChI is InChI=1S/C27H36BN3O7/c1-26(2)27(3,4)38-28(37-26)20-12-10-18(11-13-20)14-22(24(29)34)31-23(33)15-21(32)16-30-25(35)36-17-19-8-6-5-7-9-19/h5-13,21-22,32H,14-17H2,1-4H3,(H2,29,34)(H,30,35)(H,31,33)/t21-,22+/m1/s1. The Labute approximate surface area is 223 Å². The number of aliphatic hydroxyl groups is 1. The van der Waals surface area contributed by atoms with Gasteiger partial charge in [-0.1, -0.05) is 54.6 Å². The van der Waals surface area contributed by atoms with Crippen LogP contribution in [0.1, 0.15) is 45.2 Å². The fourth-order valence-corrected chi connectivity index (χ4v) is 3.76. The third kappa shape index (κ3) is 8.05. The molecule has 1 fully saturated rings. The average molecular weight is 525 g/mol. The lowest BCUT2D eigenvalue weighted by atomic mass is 9.78. The van der Waals surface area contributed by atoms with Gasteiger partial charge in [0.1, 0.15) is 12.6 Å². The first kappa shape index (κ1) is 29.2. The van der Waals surface area contributed by atoms with Gasteiger partial charge < -0.3 is 35.5 Å². The summed E-state index contributed by atoms with van der Waals surface area (Å²) in [7, 11) is -0.508. The second-order valence-electron chi connectivity index (χ2n) is 10.4. The fraction of sp³-hybridized carbons (Fsp3) is 0.444. The van der Waals surface area contributed by atoms with E-state index in [1.165, 1.54) is 0 Å². The van der Waals surface area contributed by atoms with E-state index >= 15 is 0 Å². The summed E-state index contributed by atoms with van der Waals surface area (Å²) in [6, 6.07) is 15.5. The van der Waals surface area contributed by atoms with Crippen LogP contribution < -0.4 is 21.8 Å². The molecule has 38 heavy (non-hydrogen) atoms. The first-order valence-corrected chi connectivity index (χ1v) is 12.5. The molecule has 0 aromatic heterocycles. The molecule has 1 aliphatic heterocycles. The molecule has 0 radical (unpaired) electrons. The molecule has 2 aromatic carbocycles. The van der Waals surface area contributed by atoms with E-state index in [4.69, 9.17) is 19.8 Å². The summed E-state index contributed by atoms with van der Waals surface area (Å²) in [5, 5.41) is 15.1. The van der Waals surface area contributed by atoms with E-state index < -0.39 is 48.4 Å². The zero-order valence-corrected chi connectivity index (χ0v) is 22.2. The number of primary amides is 1. The van der Waals surface area contributed by atoms with Crippen molar-refractivity contribution in [3.8, 4) is 0 Å². The molecule has 10 nitrogen and oxygen atoms in total. The predicted molar refractivity (Wildman–Crippen MR) is 142 cm³/mol. The van der Waals surface area contributed by atoms with Crippen molar-refractivity contribution in [3.05, 3.63) is 65.7 Å². The molecule has 11 heteroatoms. The Morgan fingerprint density at radius 2 is 1.58 bits per heavy atom. The Bertz CT molecular complexity index is 1090. The highest BCUT2D eigenvalue weighted by Crippen LogP contribution is 2.36. The van der Waals surface area contributed by atoms with Crippen LogP contribution in [0, 0.1) is 0 Å². The summed E-state index contributed by atoms with van der Waals surface area (Å²) < 4.78 is 17.2. The molecule has 3 rings (SSSR count). The van der Waals surface area contributed by atoms with Gasteiger partial charge in [-0.3, -0.25) is 9.59 Å². The third-order valence-electron chi connectivity index (χ3n) is 6.74. The maximum atomic E-state index is 12.4. The quantitative estimate of drug-likeness (QED) is 0.322. The average Bonchev–Trinajstić information content (AvgIpc) is 3.08. The van der Waals surface area contributed by atoms with E-state index in [0.717, 1.165) is 16.6 Å². The number of ether oxygens (including phenoxy) is 1. The van der Waals surface area contributed by atoms with Crippen LogP contribution in [-0.4, -0.2) is 60.0 Å². The lowest BCUT2D eigenvalue weighted by Gasteiger charge is -2.32. The highest BCUT2D eigenvalue weighted by Gasteiger charge is 2.51. The van der Waals surface area contributed by atoms with Gasteiger partial charge in [-0.15, -0.1) is 0 Å². The summed E-state index contributed by atoms with van der Waals surface area (Å²) in [6.45, 7) is 7.81. The van der Waals surface area contributed by atoms with Crippen molar-refractivity contribution in [1.82, 2.24) is 10.6 Å². The monoisotopic (exact) mass is 525 g/mol. The SMILES string of the molecule is CC1(C)OB(c2ccc(C[C@H](NC(=O)C[C@@H](O)CNC(=O)OCc3ccccc3)C(N)=O)cc2)OC1(C)C. The smallest absolute Gasteiger partial charge is 0.445 e. The van der Waals surface area contributed by atoms with Crippen molar-refractivity contribution in [2.75, 3.05) is 6.54 Å². The summed E-state index contributed by atoms with van der Waals surface area (Å²) >= 11 is 0. The number of carbonyl (C=O) groups excluding carboxylic acids is 3. The predicted octanol–water partition coefficient (Wildman–Crippen LogP) is 1.18. The van der Waals surface area contributed by atoms with E-state index in [2.05, 4.69) is 10.6 Å². The molecular formula is C27H36BN3O7. The zero-order chi connectivity index (χ0) is 27.9. The molecule has 5 N–H and O–H groups in total. The van der Waals surface area contributed by atoms with Crippen molar-refractivity contribution < 1.29 is 33.5 Å². The van der Waals surface area contributed by atoms with Crippen molar-refractivity contribution in [2.24, 2.45) is 5.73 Å². The van der Waals surface area contributed by atoms with Gasteiger partial charge in [-0.05, 0) is 44.3 Å². The number of nitrogens with two attached hydrogens (primary N) is 1. The maximum Gasteiger partial charge on any atom is 0.494 e. The number of nitrogens with one attached hydrogen (secondary N) is 2. The van der Waals surface area contributed by atoms with Crippen molar-refractivity contribution >= 4 is 30.5 Å². The molecule has 0 saturated carbocycles. The molecule has 0 unspecified atom stereocenters. The Kier molecular flexibility index (Phi) is 9.53. The number of rotatable bonds is 11. The van der Waals surface area contributed by atoms with Crippen LogP contribution in [-0.2, 0) is 36.7 Å². The number of benzene rings is 2. The fourth-order valence-electron chi connectivity index (χ4n) is 3.76. The molecule has 204 valence electrons. The summed E-state index contributed by atoms with van der Waals surface area (Å²) in [6.07, 6.45) is -2.05. The van der Waals surface area contributed by atoms with Gasteiger partial charge >= 0.3 is 13.2 Å². The molecule has 2 aromatic rings. The van der Waals surface area contributed by atoms with E-state index in [9.17, 15) is 19.5 Å². The first-order valence-electron chi connectivity index (χ1n) is 12.5. The minimum Gasteiger partial charge on any atom is -0.445 e. The van der Waals surface area contributed by atoms with Gasteiger partial charge in [0.25, 0.3) is 0 Å². The number of alkyl carbamates (subject to hydrolysis) is 1. The van der Waals surface area contributed by atoms with Crippen LogP contribution in [0.25, 0.3) is 0 Å². The van der Waals surface area contributed by atoms with Crippen LogP contribution in [0.15, 0.2) is 54.6 Å². The van der Waals surface area contributed by atoms with Crippen molar-refractivity contribution in [2.45, 2.75) is 70.5 Å². The van der Waals surface area contributed by atoms with Crippen LogP contribution in [0.5, 0.6) is 0 Å². The number of amides is 3.